The van der Waals surface area contributed by atoms with Gasteiger partial charge in [0.1, 0.15) is 17.3 Å². The summed E-state index contributed by atoms with van der Waals surface area (Å²) < 4.78 is 20.4. The molecular formula is C16H16FN3O. The molecule has 0 aliphatic carbocycles. The number of hydrogen-bond acceptors (Lipinski definition) is 3. The number of hydrogen-bond donors (Lipinski definition) is 1. The van der Waals surface area contributed by atoms with Crippen LogP contribution in [0.3, 0.4) is 0 Å². The van der Waals surface area contributed by atoms with E-state index >= 15 is 0 Å². The van der Waals surface area contributed by atoms with E-state index in [9.17, 15) is 4.39 Å². The van der Waals surface area contributed by atoms with E-state index in [0.717, 1.165) is 28.5 Å². The molecule has 0 bridgehead atoms. The lowest BCUT2D eigenvalue weighted by atomic mass is 10.2. The molecule has 2 heterocycles. The van der Waals surface area contributed by atoms with E-state index in [-0.39, 0.29) is 5.82 Å². The van der Waals surface area contributed by atoms with Gasteiger partial charge in [0.05, 0.1) is 17.9 Å². The Labute approximate surface area is 122 Å². The Kier molecular flexibility index (Phi) is 3.48. The number of benzene rings is 1. The predicted molar refractivity (Wildman–Crippen MR) is 79.4 cm³/mol. The van der Waals surface area contributed by atoms with Crippen molar-refractivity contribution in [2.75, 3.05) is 5.32 Å². The molecule has 0 saturated heterocycles. The van der Waals surface area contributed by atoms with Crippen molar-refractivity contribution < 1.29 is 8.81 Å². The maximum atomic E-state index is 12.9. The van der Waals surface area contributed by atoms with Gasteiger partial charge in [0.15, 0.2) is 0 Å². The molecule has 3 aromatic rings. The summed E-state index contributed by atoms with van der Waals surface area (Å²) >= 11 is 0. The van der Waals surface area contributed by atoms with Gasteiger partial charge in [0, 0.05) is 18.8 Å². The normalized spacial score (nSPS) is 10.8. The van der Waals surface area contributed by atoms with Crippen LogP contribution in [0.1, 0.15) is 11.5 Å². The summed E-state index contributed by atoms with van der Waals surface area (Å²) in [5, 5.41) is 7.56. The first kappa shape index (κ1) is 13.4. The molecule has 0 aliphatic heterocycles. The summed E-state index contributed by atoms with van der Waals surface area (Å²) in [6.07, 6.45) is 1.93. The Balaban J connectivity index is 1.70. The maximum Gasteiger partial charge on any atom is 0.134 e. The van der Waals surface area contributed by atoms with E-state index in [1.54, 1.807) is 16.8 Å². The van der Waals surface area contributed by atoms with E-state index in [1.807, 2.05) is 32.3 Å². The second kappa shape index (κ2) is 5.44. The second-order valence-corrected chi connectivity index (χ2v) is 4.93. The molecule has 21 heavy (non-hydrogen) atoms. The van der Waals surface area contributed by atoms with Crippen molar-refractivity contribution >= 4 is 5.69 Å². The fraction of sp³-hybridized carbons (Fsp3) is 0.188. The van der Waals surface area contributed by atoms with Crippen LogP contribution in [0, 0.1) is 12.7 Å². The molecule has 0 unspecified atom stereocenters. The summed E-state index contributed by atoms with van der Waals surface area (Å²) in [5.41, 5.74) is 2.79. The number of aromatic nitrogens is 2. The molecular weight excluding hydrogens is 269 g/mol. The number of nitrogens with one attached hydrogen (secondary N) is 1. The SMILES string of the molecule is Cc1nn(C)cc1NCc1ccc(-c2ccc(F)cc2)o1. The quantitative estimate of drug-likeness (QED) is 0.794. The summed E-state index contributed by atoms with van der Waals surface area (Å²) in [6.45, 7) is 2.53. The van der Waals surface area contributed by atoms with Gasteiger partial charge in [-0.25, -0.2) is 4.39 Å². The van der Waals surface area contributed by atoms with Crippen molar-refractivity contribution in [1.29, 1.82) is 0 Å². The van der Waals surface area contributed by atoms with Crippen LogP contribution in [0.25, 0.3) is 11.3 Å². The van der Waals surface area contributed by atoms with Gasteiger partial charge in [-0.1, -0.05) is 0 Å². The summed E-state index contributed by atoms with van der Waals surface area (Å²) in [6, 6.07) is 10.1. The van der Waals surface area contributed by atoms with Gasteiger partial charge < -0.3 is 9.73 Å². The molecule has 0 atom stereocenters. The van der Waals surface area contributed by atoms with E-state index in [1.165, 1.54) is 12.1 Å². The van der Waals surface area contributed by atoms with Crippen molar-refractivity contribution in [1.82, 2.24) is 9.78 Å². The summed E-state index contributed by atoms with van der Waals surface area (Å²) in [5.74, 6) is 1.30. The fourth-order valence-corrected chi connectivity index (χ4v) is 2.20. The number of rotatable bonds is 4. The minimum Gasteiger partial charge on any atom is -0.459 e. The highest BCUT2D eigenvalue weighted by molar-refractivity contribution is 5.57. The van der Waals surface area contributed by atoms with Gasteiger partial charge in [-0.15, -0.1) is 0 Å². The van der Waals surface area contributed by atoms with Crippen molar-refractivity contribution in [2.24, 2.45) is 7.05 Å². The molecule has 0 saturated carbocycles. The third kappa shape index (κ3) is 2.97. The van der Waals surface area contributed by atoms with Crippen LogP contribution in [0.5, 0.6) is 0 Å². The van der Waals surface area contributed by atoms with Crippen LogP contribution in [-0.2, 0) is 13.6 Å². The second-order valence-electron chi connectivity index (χ2n) is 4.93. The van der Waals surface area contributed by atoms with Crippen LogP contribution in [0.15, 0.2) is 47.0 Å². The van der Waals surface area contributed by atoms with Crippen molar-refractivity contribution in [3.8, 4) is 11.3 Å². The fourth-order valence-electron chi connectivity index (χ4n) is 2.20. The lowest BCUT2D eigenvalue weighted by Crippen LogP contribution is -1.98. The Morgan fingerprint density at radius 2 is 1.95 bits per heavy atom. The molecule has 108 valence electrons. The monoisotopic (exact) mass is 285 g/mol. The van der Waals surface area contributed by atoms with Gasteiger partial charge >= 0.3 is 0 Å². The Hall–Kier alpha value is -2.56. The van der Waals surface area contributed by atoms with Crippen LogP contribution < -0.4 is 5.32 Å². The number of halogens is 1. The largest absolute Gasteiger partial charge is 0.459 e. The first-order valence-corrected chi connectivity index (χ1v) is 6.70. The van der Waals surface area contributed by atoms with E-state index in [4.69, 9.17) is 4.42 Å². The minimum absolute atomic E-state index is 0.251. The van der Waals surface area contributed by atoms with Gasteiger partial charge in [0.2, 0.25) is 0 Å². The van der Waals surface area contributed by atoms with Crippen LogP contribution in [0.4, 0.5) is 10.1 Å². The number of aryl methyl sites for hydroxylation is 2. The third-order valence-corrected chi connectivity index (χ3v) is 3.26. The van der Waals surface area contributed by atoms with Crippen LogP contribution >= 0.6 is 0 Å². The zero-order valence-corrected chi connectivity index (χ0v) is 11.9. The zero-order chi connectivity index (χ0) is 14.8. The number of anilines is 1. The third-order valence-electron chi connectivity index (χ3n) is 3.26. The molecule has 5 heteroatoms. The van der Waals surface area contributed by atoms with Crippen molar-refractivity contribution in [2.45, 2.75) is 13.5 Å². The molecule has 4 nitrogen and oxygen atoms in total. The van der Waals surface area contributed by atoms with Crippen LogP contribution in [0.2, 0.25) is 0 Å². The predicted octanol–water partition coefficient (Wildman–Crippen LogP) is 3.74. The zero-order valence-electron chi connectivity index (χ0n) is 11.9. The molecule has 0 radical (unpaired) electrons. The standard InChI is InChI=1S/C16H16FN3O/c1-11-15(10-20(2)19-11)18-9-14-7-8-16(21-14)12-3-5-13(17)6-4-12/h3-8,10,18H,9H2,1-2H3. The molecule has 1 N–H and O–H groups in total. The van der Waals surface area contributed by atoms with E-state index in [2.05, 4.69) is 10.4 Å². The smallest absolute Gasteiger partial charge is 0.134 e. The number of nitrogens with zero attached hydrogens (tertiary/aromatic N) is 2. The van der Waals surface area contributed by atoms with Crippen LogP contribution in [-0.4, -0.2) is 9.78 Å². The highest BCUT2D eigenvalue weighted by Gasteiger charge is 2.07. The summed E-state index contributed by atoms with van der Waals surface area (Å²) in [4.78, 5) is 0. The Bertz CT molecular complexity index is 743. The first-order valence-electron chi connectivity index (χ1n) is 6.70. The molecule has 0 spiro atoms. The highest BCUT2D eigenvalue weighted by Crippen LogP contribution is 2.23. The molecule has 2 aromatic heterocycles. The van der Waals surface area contributed by atoms with Crippen molar-refractivity contribution in [3.05, 3.63) is 59.9 Å². The molecule has 3 rings (SSSR count). The van der Waals surface area contributed by atoms with Gasteiger partial charge in [0.25, 0.3) is 0 Å². The molecule has 0 fully saturated rings. The minimum atomic E-state index is -0.251. The first-order chi connectivity index (χ1) is 10.1. The molecule has 0 aliphatic rings. The lowest BCUT2D eigenvalue weighted by molar-refractivity contribution is 0.531. The molecule has 0 amide bonds. The Morgan fingerprint density at radius 3 is 2.62 bits per heavy atom. The highest BCUT2D eigenvalue weighted by atomic mass is 19.1. The van der Waals surface area contributed by atoms with Gasteiger partial charge in [-0.3, -0.25) is 4.68 Å². The molecule has 1 aromatic carbocycles. The lowest BCUT2D eigenvalue weighted by Gasteiger charge is -2.02. The van der Waals surface area contributed by atoms with Crippen molar-refractivity contribution in [3.63, 3.8) is 0 Å². The van der Waals surface area contributed by atoms with E-state index in [0.29, 0.717) is 6.54 Å². The van der Waals surface area contributed by atoms with Gasteiger partial charge in [-0.2, -0.15) is 5.10 Å². The van der Waals surface area contributed by atoms with Gasteiger partial charge in [-0.05, 0) is 43.3 Å². The average Bonchev–Trinajstić information content (AvgIpc) is 3.04. The maximum absolute atomic E-state index is 12.9. The van der Waals surface area contributed by atoms with E-state index < -0.39 is 0 Å². The Morgan fingerprint density at radius 1 is 1.19 bits per heavy atom. The number of furan rings is 1. The average molecular weight is 285 g/mol. The summed E-state index contributed by atoms with van der Waals surface area (Å²) in [7, 11) is 1.89. The topological polar surface area (TPSA) is 43.0 Å².